The summed E-state index contributed by atoms with van der Waals surface area (Å²) >= 11 is 0. The quantitative estimate of drug-likeness (QED) is 0.686. The van der Waals surface area contributed by atoms with Crippen LogP contribution in [0.3, 0.4) is 0 Å². The van der Waals surface area contributed by atoms with Crippen molar-refractivity contribution in [1.82, 2.24) is 24.4 Å². The van der Waals surface area contributed by atoms with E-state index in [2.05, 4.69) is 52.4 Å². The van der Waals surface area contributed by atoms with E-state index in [9.17, 15) is 0 Å². The van der Waals surface area contributed by atoms with E-state index in [1.54, 1.807) is 6.20 Å². The van der Waals surface area contributed by atoms with Gasteiger partial charge in [0.2, 0.25) is 0 Å². The molecule has 0 N–H and O–H groups in total. The van der Waals surface area contributed by atoms with Gasteiger partial charge in [0.15, 0.2) is 5.82 Å². The first-order valence-electron chi connectivity index (χ1n) is 8.53. The number of aryl methyl sites for hydroxylation is 1. The summed E-state index contributed by atoms with van der Waals surface area (Å²) in [5.41, 5.74) is 0.844. The lowest BCUT2D eigenvalue weighted by Crippen LogP contribution is -2.24. The molecule has 0 bridgehead atoms. The number of nitrogens with zero attached hydrogens (tertiary/aromatic N) is 5. The zero-order valence-electron chi connectivity index (χ0n) is 15.5. The van der Waals surface area contributed by atoms with Crippen molar-refractivity contribution in [3.63, 3.8) is 0 Å². The van der Waals surface area contributed by atoms with Crippen LogP contribution in [0.4, 0.5) is 0 Å². The average Bonchev–Trinajstić information content (AvgIpc) is 3.21. The first-order valence-corrected chi connectivity index (χ1v) is 8.53. The lowest BCUT2D eigenvalue weighted by molar-refractivity contribution is 0.231. The van der Waals surface area contributed by atoms with E-state index in [0.29, 0.717) is 0 Å². The summed E-state index contributed by atoms with van der Waals surface area (Å²) in [6.07, 6.45) is 5.60. The Hall–Kier alpha value is -2.47. The molecule has 3 aromatic heterocycles. The number of hydrogen-bond acceptors (Lipinski definition) is 5. The van der Waals surface area contributed by atoms with Gasteiger partial charge < -0.3 is 8.98 Å². The molecule has 0 amide bonds. The first-order chi connectivity index (χ1) is 12.0. The largest absolute Gasteiger partial charge is 0.465 e. The van der Waals surface area contributed by atoms with Crippen molar-refractivity contribution in [3.05, 3.63) is 54.1 Å². The van der Waals surface area contributed by atoms with E-state index in [1.165, 1.54) is 0 Å². The Balaban J connectivity index is 1.92. The fourth-order valence-corrected chi connectivity index (χ4v) is 2.79. The van der Waals surface area contributed by atoms with Crippen LogP contribution < -0.4 is 0 Å². The lowest BCUT2D eigenvalue weighted by atomic mass is 10.2. The topological polar surface area (TPSA) is 60.0 Å². The predicted octanol–water partition coefficient (Wildman–Crippen LogP) is 3.67. The van der Waals surface area contributed by atoms with Crippen molar-refractivity contribution in [2.24, 2.45) is 0 Å². The Labute approximate surface area is 148 Å². The molecule has 0 aromatic carbocycles. The van der Waals surface area contributed by atoms with Gasteiger partial charge in [-0.25, -0.2) is 15.0 Å². The molecule has 0 aliphatic carbocycles. The van der Waals surface area contributed by atoms with Crippen LogP contribution in [0.1, 0.15) is 43.2 Å². The summed E-state index contributed by atoms with van der Waals surface area (Å²) in [5.74, 6) is 3.83. The highest BCUT2D eigenvalue weighted by atomic mass is 16.3. The molecule has 0 aliphatic heterocycles. The Morgan fingerprint density at radius 1 is 1.12 bits per heavy atom. The van der Waals surface area contributed by atoms with Crippen LogP contribution >= 0.6 is 0 Å². The molecule has 3 heterocycles. The van der Waals surface area contributed by atoms with Crippen LogP contribution in [-0.2, 0) is 6.54 Å². The number of hydrogen-bond donors (Lipinski definition) is 0. The van der Waals surface area contributed by atoms with Gasteiger partial charge in [-0.1, -0.05) is 13.8 Å². The Kier molecular flexibility index (Phi) is 4.99. The molecule has 25 heavy (non-hydrogen) atoms. The maximum absolute atomic E-state index is 5.85. The molecular formula is C19H25N5O. The third kappa shape index (κ3) is 3.79. The van der Waals surface area contributed by atoms with Crippen LogP contribution in [0, 0.1) is 6.92 Å². The van der Waals surface area contributed by atoms with E-state index >= 15 is 0 Å². The zero-order chi connectivity index (χ0) is 18.0. The molecule has 0 aliphatic rings. The van der Waals surface area contributed by atoms with Crippen LogP contribution in [0.5, 0.6) is 0 Å². The van der Waals surface area contributed by atoms with E-state index in [1.807, 2.05) is 37.5 Å². The highest BCUT2D eigenvalue weighted by molar-refractivity contribution is 5.49. The number of likely N-dealkylation sites (N-methyl/N-ethyl adjacent to an activating group) is 1. The third-order valence-electron chi connectivity index (χ3n) is 4.22. The van der Waals surface area contributed by atoms with Gasteiger partial charge in [0, 0.05) is 31.1 Å². The van der Waals surface area contributed by atoms with Crippen LogP contribution in [0.2, 0.25) is 0 Å². The molecule has 0 unspecified atom stereocenters. The molecular weight excluding hydrogens is 314 g/mol. The van der Waals surface area contributed by atoms with Gasteiger partial charge in [0.1, 0.15) is 23.0 Å². The molecule has 132 valence electrons. The summed E-state index contributed by atoms with van der Waals surface area (Å²) < 4.78 is 7.97. The van der Waals surface area contributed by atoms with Gasteiger partial charge in [-0.05, 0) is 39.2 Å². The van der Waals surface area contributed by atoms with Gasteiger partial charge in [-0.2, -0.15) is 0 Å². The maximum atomic E-state index is 5.85. The van der Waals surface area contributed by atoms with Crippen molar-refractivity contribution in [2.45, 2.75) is 39.3 Å². The first kappa shape index (κ1) is 17.4. The molecule has 0 radical (unpaired) electrons. The number of aromatic nitrogens is 4. The summed E-state index contributed by atoms with van der Waals surface area (Å²) in [7, 11) is 4.11. The van der Waals surface area contributed by atoms with Crippen molar-refractivity contribution >= 4 is 0 Å². The average molecular weight is 339 g/mol. The molecule has 6 heteroatoms. The van der Waals surface area contributed by atoms with Crippen molar-refractivity contribution in [3.8, 4) is 11.5 Å². The second kappa shape index (κ2) is 7.19. The standard InChI is InChI=1S/C19H25N5O/c1-13(2)18-20-9-8-15(22-18)19-21-10-11-24(19)12-16(23(4)5)17-7-6-14(3)25-17/h6-11,13,16H,12H2,1-5H3/t16-/m0/s1. The molecule has 6 nitrogen and oxygen atoms in total. The van der Waals surface area contributed by atoms with Gasteiger partial charge in [-0.15, -0.1) is 0 Å². The van der Waals surface area contributed by atoms with Crippen molar-refractivity contribution < 1.29 is 4.42 Å². The summed E-state index contributed by atoms with van der Waals surface area (Å²) in [4.78, 5) is 15.7. The van der Waals surface area contributed by atoms with Gasteiger partial charge in [0.05, 0.1) is 6.04 Å². The molecule has 0 fully saturated rings. The molecule has 3 rings (SSSR count). The Bertz CT molecular complexity index is 834. The van der Waals surface area contributed by atoms with Gasteiger partial charge >= 0.3 is 0 Å². The highest BCUT2D eigenvalue weighted by Gasteiger charge is 2.20. The monoisotopic (exact) mass is 339 g/mol. The van der Waals surface area contributed by atoms with E-state index in [4.69, 9.17) is 4.42 Å². The third-order valence-corrected chi connectivity index (χ3v) is 4.22. The normalized spacial score (nSPS) is 12.9. The maximum Gasteiger partial charge on any atom is 0.158 e. The van der Waals surface area contributed by atoms with E-state index < -0.39 is 0 Å². The Morgan fingerprint density at radius 3 is 2.56 bits per heavy atom. The zero-order valence-corrected chi connectivity index (χ0v) is 15.5. The minimum absolute atomic E-state index is 0.119. The summed E-state index contributed by atoms with van der Waals surface area (Å²) in [6.45, 7) is 6.88. The van der Waals surface area contributed by atoms with E-state index in [-0.39, 0.29) is 12.0 Å². The van der Waals surface area contributed by atoms with Crippen LogP contribution in [-0.4, -0.2) is 38.5 Å². The van der Waals surface area contributed by atoms with Crippen molar-refractivity contribution in [1.29, 1.82) is 0 Å². The molecule has 3 aromatic rings. The Morgan fingerprint density at radius 2 is 1.92 bits per heavy atom. The van der Waals surface area contributed by atoms with Crippen molar-refractivity contribution in [2.75, 3.05) is 14.1 Å². The predicted molar refractivity (Wildman–Crippen MR) is 97.2 cm³/mol. The fourth-order valence-electron chi connectivity index (χ4n) is 2.79. The smallest absolute Gasteiger partial charge is 0.158 e. The number of rotatable bonds is 6. The molecule has 0 saturated heterocycles. The van der Waals surface area contributed by atoms with Gasteiger partial charge in [-0.3, -0.25) is 4.90 Å². The minimum atomic E-state index is 0.119. The summed E-state index contributed by atoms with van der Waals surface area (Å²) in [6, 6.07) is 6.07. The lowest BCUT2D eigenvalue weighted by Gasteiger charge is -2.23. The second-order valence-electron chi connectivity index (χ2n) is 6.79. The highest BCUT2D eigenvalue weighted by Crippen LogP contribution is 2.25. The number of furan rings is 1. The minimum Gasteiger partial charge on any atom is -0.465 e. The van der Waals surface area contributed by atoms with E-state index in [0.717, 1.165) is 35.4 Å². The number of imidazole rings is 1. The van der Waals surface area contributed by atoms with Crippen LogP contribution in [0.15, 0.2) is 41.2 Å². The summed E-state index contributed by atoms with van der Waals surface area (Å²) in [5, 5.41) is 0. The fraction of sp³-hybridized carbons (Fsp3) is 0.421. The molecule has 0 saturated carbocycles. The molecule has 1 atom stereocenters. The molecule has 0 spiro atoms. The second-order valence-corrected chi connectivity index (χ2v) is 6.79. The van der Waals surface area contributed by atoms with Gasteiger partial charge in [0.25, 0.3) is 0 Å². The van der Waals surface area contributed by atoms with Crippen LogP contribution in [0.25, 0.3) is 11.5 Å². The SMILES string of the molecule is Cc1ccc([C@H](Cn2ccnc2-c2ccnc(C(C)C)n2)N(C)C)o1.